The summed E-state index contributed by atoms with van der Waals surface area (Å²) >= 11 is 1.59. The lowest BCUT2D eigenvalue weighted by Crippen LogP contribution is -2.14. The molecule has 0 radical (unpaired) electrons. The highest BCUT2D eigenvalue weighted by molar-refractivity contribution is 7.10. The first-order valence-corrected chi connectivity index (χ1v) is 4.50. The second kappa shape index (κ2) is 3.69. The summed E-state index contributed by atoms with van der Waals surface area (Å²) in [4.78, 5) is 11.4. The molecule has 0 spiro atoms. The standard InChI is InChI=1S/C8H11NO2S/c1-5-6(2-3-12-5)7(9)4-8(10)11/h2-3,7H,4,9H2,1H3,(H,10,11)/t7-/m1/s1. The molecule has 0 aromatic carbocycles. The zero-order valence-corrected chi connectivity index (χ0v) is 7.60. The molecule has 3 N–H and O–H groups in total. The van der Waals surface area contributed by atoms with Gasteiger partial charge in [0, 0.05) is 10.9 Å². The number of nitrogens with two attached hydrogens (primary N) is 1. The molecule has 1 atom stereocenters. The Balaban J connectivity index is 2.71. The van der Waals surface area contributed by atoms with E-state index in [1.54, 1.807) is 11.3 Å². The van der Waals surface area contributed by atoms with Crippen molar-refractivity contribution in [1.82, 2.24) is 0 Å². The van der Waals surface area contributed by atoms with Crippen molar-refractivity contribution in [3.8, 4) is 0 Å². The van der Waals surface area contributed by atoms with Gasteiger partial charge in [-0.05, 0) is 23.9 Å². The van der Waals surface area contributed by atoms with Crippen LogP contribution in [-0.4, -0.2) is 11.1 Å². The van der Waals surface area contributed by atoms with Gasteiger partial charge in [0.2, 0.25) is 0 Å². The summed E-state index contributed by atoms with van der Waals surface area (Å²) in [5.74, 6) is -0.854. The Morgan fingerprint density at radius 3 is 2.92 bits per heavy atom. The topological polar surface area (TPSA) is 63.3 Å². The van der Waals surface area contributed by atoms with E-state index in [1.807, 2.05) is 18.4 Å². The molecule has 4 heteroatoms. The van der Waals surface area contributed by atoms with Crippen molar-refractivity contribution in [3.05, 3.63) is 21.9 Å². The quantitative estimate of drug-likeness (QED) is 0.750. The summed E-state index contributed by atoms with van der Waals surface area (Å²) < 4.78 is 0. The van der Waals surface area contributed by atoms with Crippen molar-refractivity contribution >= 4 is 17.3 Å². The summed E-state index contributed by atoms with van der Waals surface area (Å²) in [5, 5.41) is 10.4. The molecule has 0 amide bonds. The molecule has 1 rings (SSSR count). The van der Waals surface area contributed by atoms with E-state index in [-0.39, 0.29) is 12.5 Å². The third-order valence-electron chi connectivity index (χ3n) is 1.69. The number of hydrogen-bond donors (Lipinski definition) is 2. The molecule has 0 unspecified atom stereocenters. The predicted octanol–water partition coefficient (Wildman–Crippen LogP) is 1.53. The van der Waals surface area contributed by atoms with Crippen LogP contribution in [0.3, 0.4) is 0 Å². The SMILES string of the molecule is Cc1sccc1[C@H](N)CC(=O)O. The van der Waals surface area contributed by atoms with Crippen molar-refractivity contribution < 1.29 is 9.90 Å². The number of hydrogen-bond acceptors (Lipinski definition) is 3. The number of carboxylic acid groups (broad SMARTS) is 1. The zero-order valence-electron chi connectivity index (χ0n) is 6.78. The maximum atomic E-state index is 10.3. The van der Waals surface area contributed by atoms with Gasteiger partial charge in [0.25, 0.3) is 0 Å². The molecule has 3 nitrogen and oxygen atoms in total. The second-order valence-corrected chi connectivity index (χ2v) is 3.76. The van der Waals surface area contributed by atoms with Gasteiger partial charge in [-0.15, -0.1) is 11.3 Å². The van der Waals surface area contributed by atoms with Crippen LogP contribution < -0.4 is 5.73 Å². The Kier molecular flexibility index (Phi) is 2.83. The molecule has 0 aliphatic carbocycles. The van der Waals surface area contributed by atoms with Crippen LogP contribution in [0.2, 0.25) is 0 Å². The molecule has 1 heterocycles. The minimum Gasteiger partial charge on any atom is -0.481 e. The fraction of sp³-hybridized carbons (Fsp3) is 0.375. The Hall–Kier alpha value is -0.870. The molecule has 1 aromatic heterocycles. The Morgan fingerprint density at radius 1 is 1.83 bits per heavy atom. The first-order valence-electron chi connectivity index (χ1n) is 3.62. The number of rotatable bonds is 3. The fourth-order valence-corrected chi connectivity index (χ4v) is 1.85. The molecule has 0 saturated heterocycles. The third kappa shape index (κ3) is 2.06. The summed E-state index contributed by atoms with van der Waals surface area (Å²) in [6.45, 7) is 1.95. The van der Waals surface area contributed by atoms with Gasteiger partial charge in [-0.3, -0.25) is 4.79 Å². The molecule has 12 heavy (non-hydrogen) atoms. The first kappa shape index (κ1) is 9.22. The smallest absolute Gasteiger partial charge is 0.305 e. The Labute approximate surface area is 74.8 Å². The van der Waals surface area contributed by atoms with Crippen LogP contribution in [0.4, 0.5) is 0 Å². The zero-order chi connectivity index (χ0) is 9.14. The predicted molar refractivity (Wildman–Crippen MR) is 48.2 cm³/mol. The molecule has 66 valence electrons. The van der Waals surface area contributed by atoms with E-state index in [0.717, 1.165) is 10.4 Å². The van der Waals surface area contributed by atoms with E-state index in [4.69, 9.17) is 10.8 Å². The molecule has 0 aliphatic heterocycles. The Morgan fingerprint density at radius 2 is 2.50 bits per heavy atom. The highest BCUT2D eigenvalue weighted by atomic mass is 32.1. The number of carboxylic acids is 1. The van der Waals surface area contributed by atoms with E-state index in [2.05, 4.69) is 0 Å². The van der Waals surface area contributed by atoms with E-state index in [1.165, 1.54) is 0 Å². The molecule has 0 aliphatic rings. The van der Waals surface area contributed by atoms with Crippen molar-refractivity contribution in [1.29, 1.82) is 0 Å². The van der Waals surface area contributed by atoms with Gasteiger partial charge < -0.3 is 10.8 Å². The van der Waals surface area contributed by atoms with Gasteiger partial charge in [0.15, 0.2) is 0 Å². The minimum absolute atomic E-state index is 0.00241. The summed E-state index contributed by atoms with van der Waals surface area (Å²) in [6.07, 6.45) is -0.00241. The van der Waals surface area contributed by atoms with E-state index >= 15 is 0 Å². The van der Waals surface area contributed by atoms with Crippen LogP contribution in [0.15, 0.2) is 11.4 Å². The van der Waals surface area contributed by atoms with Crippen LogP contribution in [0.5, 0.6) is 0 Å². The number of thiophene rings is 1. The second-order valence-electron chi connectivity index (χ2n) is 2.64. The lowest BCUT2D eigenvalue weighted by Gasteiger charge is -2.07. The lowest BCUT2D eigenvalue weighted by atomic mass is 10.1. The van der Waals surface area contributed by atoms with Gasteiger partial charge >= 0.3 is 5.97 Å². The minimum atomic E-state index is -0.854. The third-order valence-corrected chi connectivity index (χ3v) is 2.55. The van der Waals surface area contributed by atoms with Gasteiger partial charge in [-0.1, -0.05) is 0 Å². The van der Waals surface area contributed by atoms with E-state index < -0.39 is 5.97 Å². The molecule has 0 fully saturated rings. The van der Waals surface area contributed by atoms with Crippen LogP contribution in [0.1, 0.15) is 22.9 Å². The van der Waals surface area contributed by atoms with Crippen LogP contribution >= 0.6 is 11.3 Å². The number of aryl methyl sites for hydroxylation is 1. The summed E-state index contributed by atoms with van der Waals surface area (Å²) in [5.41, 5.74) is 6.61. The van der Waals surface area contributed by atoms with Crippen molar-refractivity contribution in [2.75, 3.05) is 0 Å². The van der Waals surface area contributed by atoms with Crippen molar-refractivity contribution in [2.45, 2.75) is 19.4 Å². The summed E-state index contributed by atoms with van der Waals surface area (Å²) in [6, 6.07) is 1.52. The normalized spacial score (nSPS) is 12.8. The average Bonchev–Trinajstić information content (AvgIpc) is 2.33. The summed E-state index contributed by atoms with van der Waals surface area (Å²) in [7, 11) is 0. The largest absolute Gasteiger partial charge is 0.481 e. The van der Waals surface area contributed by atoms with Gasteiger partial charge in [0.1, 0.15) is 0 Å². The molecule has 0 bridgehead atoms. The van der Waals surface area contributed by atoms with Gasteiger partial charge in [-0.2, -0.15) is 0 Å². The van der Waals surface area contributed by atoms with Crippen molar-refractivity contribution in [3.63, 3.8) is 0 Å². The molecule has 1 aromatic rings. The molecular formula is C8H11NO2S. The highest BCUT2D eigenvalue weighted by Gasteiger charge is 2.12. The monoisotopic (exact) mass is 185 g/mol. The number of carbonyl (C=O) groups is 1. The molecule has 0 saturated carbocycles. The van der Waals surface area contributed by atoms with Gasteiger partial charge in [0.05, 0.1) is 6.42 Å². The first-order chi connectivity index (χ1) is 5.61. The number of aliphatic carboxylic acids is 1. The maximum Gasteiger partial charge on any atom is 0.305 e. The van der Waals surface area contributed by atoms with Crippen LogP contribution in [0.25, 0.3) is 0 Å². The van der Waals surface area contributed by atoms with E-state index in [0.29, 0.717) is 0 Å². The lowest BCUT2D eigenvalue weighted by molar-refractivity contribution is -0.137. The van der Waals surface area contributed by atoms with E-state index in [9.17, 15) is 4.79 Å². The van der Waals surface area contributed by atoms with Crippen LogP contribution in [0, 0.1) is 6.92 Å². The van der Waals surface area contributed by atoms with Crippen molar-refractivity contribution in [2.24, 2.45) is 5.73 Å². The van der Waals surface area contributed by atoms with Gasteiger partial charge in [-0.25, -0.2) is 0 Å². The fourth-order valence-electron chi connectivity index (χ4n) is 1.08. The maximum absolute atomic E-state index is 10.3. The highest BCUT2D eigenvalue weighted by Crippen LogP contribution is 2.22. The average molecular weight is 185 g/mol. The Bertz CT molecular complexity index is 282. The molecular weight excluding hydrogens is 174 g/mol. The van der Waals surface area contributed by atoms with Crippen LogP contribution in [-0.2, 0) is 4.79 Å².